The Morgan fingerprint density at radius 1 is 1.15 bits per heavy atom. The highest BCUT2D eigenvalue weighted by Gasteiger charge is 2.18. The Bertz CT molecular complexity index is 1140. The number of carbonyl (C=O) groups is 2. The molecule has 1 amide bonds. The van der Waals surface area contributed by atoms with Crippen LogP contribution in [0, 0.1) is 0 Å². The third-order valence-corrected chi connectivity index (χ3v) is 4.04. The van der Waals surface area contributed by atoms with Crippen molar-refractivity contribution in [3.8, 4) is 22.8 Å². The van der Waals surface area contributed by atoms with Gasteiger partial charge in [0.15, 0.2) is 23.6 Å². The van der Waals surface area contributed by atoms with E-state index in [9.17, 15) is 9.59 Å². The zero-order valence-electron chi connectivity index (χ0n) is 14.6. The molecule has 4 aromatic rings. The number of H-pyrrole nitrogens is 1. The van der Waals surface area contributed by atoms with Gasteiger partial charge in [-0.3, -0.25) is 14.3 Å². The summed E-state index contributed by atoms with van der Waals surface area (Å²) in [5.74, 6) is 0.608. The van der Waals surface area contributed by atoms with E-state index in [4.69, 9.17) is 0 Å². The van der Waals surface area contributed by atoms with E-state index in [-0.39, 0.29) is 11.9 Å². The highest BCUT2D eigenvalue weighted by molar-refractivity contribution is 5.80. The van der Waals surface area contributed by atoms with Gasteiger partial charge in [-0.05, 0) is 32.0 Å². The Kier molecular flexibility index (Phi) is 3.99. The topological polar surface area (TPSA) is 123 Å². The van der Waals surface area contributed by atoms with Crippen LogP contribution < -0.4 is 5.32 Å². The predicted molar refractivity (Wildman–Crippen MR) is 97.2 cm³/mol. The first-order chi connectivity index (χ1) is 13.1. The van der Waals surface area contributed by atoms with Crippen LogP contribution in [0.15, 0.2) is 30.6 Å². The van der Waals surface area contributed by atoms with Crippen LogP contribution in [0.2, 0.25) is 0 Å². The molecular weight excluding hydrogens is 348 g/mol. The molecule has 4 aromatic heterocycles. The van der Waals surface area contributed by atoms with E-state index in [0.29, 0.717) is 46.9 Å². The van der Waals surface area contributed by atoms with Crippen molar-refractivity contribution in [1.29, 1.82) is 0 Å². The first kappa shape index (κ1) is 16.6. The number of carbonyl (C=O) groups excluding carboxylic acids is 2. The summed E-state index contributed by atoms with van der Waals surface area (Å²) in [4.78, 5) is 33.5. The summed E-state index contributed by atoms with van der Waals surface area (Å²) in [7, 11) is 0. The summed E-state index contributed by atoms with van der Waals surface area (Å²) in [5.41, 5.74) is 2.80. The van der Waals surface area contributed by atoms with Crippen LogP contribution in [0.5, 0.6) is 0 Å². The lowest BCUT2D eigenvalue weighted by atomic mass is 10.2. The van der Waals surface area contributed by atoms with Crippen molar-refractivity contribution >= 4 is 24.2 Å². The number of aromatic amines is 1. The molecule has 0 aliphatic heterocycles. The normalized spacial score (nSPS) is 11.2. The zero-order valence-corrected chi connectivity index (χ0v) is 14.6. The number of amides is 1. The minimum Gasteiger partial charge on any atom is -0.334 e. The summed E-state index contributed by atoms with van der Waals surface area (Å²) in [6.45, 7) is 4.05. The fraction of sp³-hybridized carbons (Fsp3) is 0.176. The predicted octanol–water partition coefficient (Wildman–Crippen LogP) is 1.94. The summed E-state index contributed by atoms with van der Waals surface area (Å²) in [6.07, 6.45) is 4.57. The second-order valence-corrected chi connectivity index (χ2v) is 6.13. The third-order valence-electron chi connectivity index (χ3n) is 4.04. The lowest BCUT2D eigenvalue weighted by Gasteiger charge is -2.04. The lowest BCUT2D eigenvalue weighted by molar-refractivity contribution is -0.105. The van der Waals surface area contributed by atoms with Crippen molar-refractivity contribution in [2.24, 2.45) is 0 Å². The number of hydrogen-bond donors (Lipinski definition) is 2. The first-order valence-corrected chi connectivity index (χ1v) is 8.26. The van der Waals surface area contributed by atoms with Crippen molar-refractivity contribution in [2.45, 2.75) is 19.9 Å². The standard InChI is InChI=1S/C17H16N8O2/c1-10(2)24-6-5-12(22-24)17-16(20-13(8-26)21-17)11-3-4-14-18-7-15(19-9-27)25(14)23-11/h3-10H,1-2H3,(H,19,27)(H,20,21). The van der Waals surface area contributed by atoms with Gasteiger partial charge in [0.1, 0.15) is 17.1 Å². The van der Waals surface area contributed by atoms with Gasteiger partial charge < -0.3 is 10.3 Å². The fourth-order valence-electron chi connectivity index (χ4n) is 2.74. The number of nitrogens with zero attached hydrogens (tertiary/aromatic N) is 6. The average molecular weight is 364 g/mol. The molecule has 27 heavy (non-hydrogen) atoms. The molecule has 0 fully saturated rings. The number of aldehydes is 1. The summed E-state index contributed by atoms with van der Waals surface area (Å²) in [5, 5.41) is 11.6. The van der Waals surface area contributed by atoms with Crippen LogP contribution in [0.4, 0.5) is 5.82 Å². The van der Waals surface area contributed by atoms with E-state index < -0.39 is 0 Å². The smallest absolute Gasteiger partial charge is 0.212 e. The Labute approximate surface area is 153 Å². The van der Waals surface area contributed by atoms with Crippen molar-refractivity contribution in [3.63, 3.8) is 0 Å². The number of aromatic nitrogens is 7. The van der Waals surface area contributed by atoms with Gasteiger partial charge in [0.25, 0.3) is 0 Å². The Hall–Kier alpha value is -3.82. The Morgan fingerprint density at radius 3 is 2.70 bits per heavy atom. The maximum absolute atomic E-state index is 11.3. The number of fused-ring (bicyclic) bond motifs is 1. The van der Waals surface area contributed by atoms with Crippen LogP contribution in [0.25, 0.3) is 28.4 Å². The zero-order chi connectivity index (χ0) is 19.0. The minimum absolute atomic E-state index is 0.179. The molecule has 0 radical (unpaired) electrons. The number of hydrogen-bond acceptors (Lipinski definition) is 6. The lowest BCUT2D eigenvalue weighted by Crippen LogP contribution is -2.03. The van der Waals surface area contributed by atoms with Gasteiger partial charge in [0, 0.05) is 12.2 Å². The van der Waals surface area contributed by atoms with Crippen molar-refractivity contribution in [3.05, 3.63) is 36.4 Å². The molecule has 0 spiro atoms. The number of rotatable bonds is 6. The number of anilines is 1. The maximum atomic E-state index is 11.3. The molecule has 0 saturated heterocycles. The van der Waals surface area contributed by atoms with Gasteiger partial charge in [-0.2, -0.15) is 14.7 Å². The highest BCUT2D eigenvalue weighted by atomic mass is 16.1. The molecule has 0 aromatic carbocycles. The molecule has 0 unspecified atom stereocenters. The minimum atomic E-state index is 0.179. The van der Waals surface area contributed by atoms with E-state index in [1.54, 1.807) is 12.1 Å². The van der Waals surface area contributed by atoms with Crippen molar-refractivity contribution < 1.29 is 9.59 Å². The van der Waals surface area contributed by atoms with Gasteiger partial charge in [-0.25, -0.2) is 9.97 Å². The second kappa shape index (κ2) is 6.48. The molecule has 4 heterocycles. The summed E-state index contributed by atoms with van der Waals surface area (Å²) >= 11 is 0. The highest BCUT2D eigenvalue weighted by Crippen LogP contribution is 2.28. The molecule has 4 rings (SSSR count). The third kappa shape index (κ3) is 2.86. The monoisotopic (exact) mass is 364 g/mol. The van der Waals surface area contributed by atoms with Crippen molar-refractivity contribution in [2.75, 3.05) is 5.32 Å². The van der Waals surface area contributed by atoms with Crippen LogP contribution in [0.3, 0.4) is 0 Å². The Balaban J connectivity index is 1.86. The molecule has 136 valence electrons. The first-order valence-electron chi connectivity index (χ1n) is 8.26. The molecule has 0 atom stereocenters. The van der Waals surface area contributed by atoms with Crippen LogP contribution >= 0.6 is 0 Å². The SMILES string of the molecule is CC(C)n1ccc(-c2[nH]c(C=O)nc2-c2ccc3ncc(NC=O)n3n2)n1. The molecule has 0 aliphatic rings. The maximum Gasteiger partial charge on any atom is 0.212 e. The molecule has 0 bridgehead atoms. The molecular formula is C17H16N8O2. The van der Waals surface area contributed by atoms with E-state index in [2.05, 4.69) is 30.5 Å². The average Bonchev–Trinajstić information content (AvgIpc) is 3.39. The molecule has 10 nitrogen and oxygen atoms in total. The van der Waals surface area contributed by atoms with E-state index in [1.165, 1.54) is 10.7 Å². The van der Waals surface area contributed by atoms with Crippen LogP contribution in [0.1, 0.15) is 30.5 Å². The van der Waals surface area contributed by atoms with E-state index in [1.807, 2.05) is 30.8 Å². The molecule has 10 heteroatoms. The van der Waals surface area contributed by atoms with Gasteiger partial charge in [-0.15, -0.1) is 0 Å². The summed E-state index contributed by atoms with van der Waals surface area (Å²) in [6, 6.07) is 5.55. The van der Waals surface area contributed by atoms with Gasteiger partial charge in [0.2, 0.25) is 6.41 Å². The molecule has 2 N–H and O–H groups in total. The number of imidazole rings is 2. The van der Waals surface area contributed by atoms with Crippen LogP contribution in [-0.2, 0) is 4.79 Å². The van der Waals surface area contributed by atoms with Gasteiger partial charge in [0.05, 0.1) is 11.9 Å². The molecule has 0 saturated carbocycles. The van der Waals surface area contributed by atoms with Crippen molar-refractivity contribution in [1.82, 2.24) is 34.3 Å². The van der Waals surface area contributed by atoms with Crippen LogP contribution in [-0.4, -0.2) is 47.0 Å². The largest absolute Gasteiger partial charge is 0.334 e. The van der Waals surface area contributed by atoms with E-state index >= 15 is 0 Å². The Morgan fingerprint density at radius 2 is 2.00 bits per heavy atom. The number of nitrogens with one attached hydrogen (secondary N) is 2. The second-order valence-electron chi connectivity index (χ2n) is 6.13. The quantitative estimate of drug-likeness (QED) is 0.504. The van der Waals surface area contributed by atoms with E-state index in [0.717, 1.165) is 0 Å². The molecule has 0 aliphatic carbocycles. The van der Waals surface area contributed by atoms with Gasteiger partial charge >= 0.3 is 0 Å². The summed E-state index contributed by atoms with van der Waals surface area (Å²) < 4.78 is 3.31. The fourth-order valence-corrected chi connectivity index (χ4v) is 2.74. The van der Waals surface area contributed by atoms with Gasteiger partial charge in [-0.1, -0.05) is 0 Å².